The molecule has 0 spiro atoms. The third kappa shape index (κ3) is 1.95. The Hall–Kier alpha value is -1.72. The fourth-order valence-electron chi connectivity index (χ4n) is 1.65. The highest BCUT2D eigenvalue weighted by atomic mass is 19.1. The Kier molecular flexibility index (Phi) is 2.98. The Morgan fingerprint density at radius 1 is 1.50 bits per heavy atom. The molecule has 0 saturated heterocycles. The van der Waals surface area contributed by atoms with Crippen LogP contribution in [0.4, 0.5) is 4.39 Å². The van der Waals surface area contributed by atoms with E-state index in [1.54, 1.807) is 18.5 Å². The molecule has 2 rings (SSSR count). The average Bonchev–Trinajstić information content (AvgIpc) is 2.67. The minimum absolute atomic E-state index is 0.318. The van der Waals surface area contributed by atoms with Crippen LogP contribution in [-0.4, -0.2) is 4.98 Å². The summed E-state index contributed by atoms with van der Waals surface area (Å²) in [5.41, 5.74) is 4.15. The first-order valence-corrected chi connectivity index (χ1v) is 4.83. The van der Waals surface area contributed by atoms with Gasteiger partial charge < -0.3 is 4.42 Å². The minimum Gasteiger partial charge on any atom is -0.469 e. The zero-order chi connectivity index (χ0) is 11.5. The van der Waals surface area contributed by atoms with Gasteiger partial charge in [-0.25, -0.2) is 9.82 Å². The molecule has 0 radical (unpaired) electrons. The number of furan rings is 1. The average molecular weight is 221 g/mol. The Morgan fingerprint density at radius 2 is 2.31 bits per heavy atom. The first-order chi connectivity index (χ1) is 7.72. The fourth-order valence-corrected chi connectivity index (χ4v) is 1.65. The van der Waals surface area contributed by atoms with E-state index >= 15 is 0 Å². The zero-order valence-corrected chi connectivity index (χ0v) is 8.77. The standard InChI is InChI=1S/C11H12FN3O/c1-7-10(2-3-16-7)11(15-13)8-4-9(12)6-14-5-8/h2-6,11,15H,13H2,1H3. The number of aromatic nitrogens is 1. The van der Waals surface area contributed by atoms with Crippen molar-refractivity contribution in [3.05, 3.63) is 53.5 Å². The quantitative estimate of drug-likeness (QED) is 0.611. The van der Waals surface area contributed by atoms with Gasteiger partial charge in [-0.15, -0.1) is 0 Å². The largest absolute Gasteiger partial charge is 0.469 e. The molecule has 0 bridgehead atoms. The molecule has 16 heavy (non-hydrogen) atoms. The number of hydrazine groups is 1. The maximum Gasteiger partial charge on any atom is 0.141 e. The molecular weight excluding hydrogens is 209 g/mol. The van der Waals surface area contributed by atoms with Crippen LogP contribution in [0.25, 0.3) is 0 Å². The highest BCUT2D eigenvalue weighted by Gasteiger charge is 2.17. The fraction of sp³-hybridized carbons (Fsp3) is 0.182. The van der Waals surface area contributed by atoms with Gasteiger partial charge in [-0.1, -0.05) is 0 Å². The van der Waals surface area contributed by atoms with E-state index in [0.717, 1.165) is 17.5 Å². The normalized spacial score (nSPS) is 12.7. The van der Waals surface area contributed by atoms with E-state index in [9.17, 15) is 4.39 Å². The number of halogens is 1. The number of nitrogens with one attached hydrogen (secondary N) is 1. The second kappa shape index (κ2) is 4.42. The maximum atomic E-state index is 13.1. The molecule has 4 nitrogen and oxygen atoms in total. The monoisotopic (exact) mass is 221 g/mol. The number of hydrogen-bond acceptors (Lipinski definition) is 4. The highest BCUT2D eigenvalue weighted by Crippen LogP contribution is 2.24. The predicted molar refractivity (Wildman–Crippen MR) is 56.8 cm³/mol. The van der Waals surface area contributed by atoms with Gasteiger partial charge in [0.2, 0.25) is 0 Å². The van der Waals surface area contributed by atoms with Crippen molar-refractivity contribution in [2.24, 2.45) is 5.84 Å². The van der Waals surface area contributed by atoms with Crippen molar-refractivity contribution in [2.75, 3.05) is 0 Å². The molecule has 0 aliphatic rings. The number of aryl methyl sites for hydroxylation is 1. The number of hydrogen-bond donors (Lipinski definition) is 2. The lowest BCUT2D eigenvalue weighted by molar-refractivity contribution is 0.519. The molecule has 3 N–H and O–H groups in total. The van der Waals surface area contributed by atoms with Gasteiger partial charge in [0.05, 0.1) is 18.5 Å². The molecule has 84 valence electrons. The molecular formula is C11H12FN3O. The molecule has 0 amide bonds. The van der Waals surface area contributed by atoms with Gasteiger partial charge in [-0.05, 0) is 24.6 Å². The molecule has 1 unspecified atom stereocenters. The van der Waals surface area contributed by atoms with Crippen molar-refractivity contribution in [1.29, 1.82) is 0 Å². The SMILES string of the molecule is Cc1occc1C(NN)c1cncc(F)c1. The van der Waals surface area contributed by atoms with Gasteiger partial charge in [0.15, 0.2) is 0 Å². The van der Waals surface area contributed by atoms with Gasteiger partial charge in [-0.2, -0.15) is 0 Å². The highest BCUT2D eigenvalue weighted by molar-refractivity contribution is 5.31. The third-order valence-electron chi connectivity index (χ3n) is 2.44. The van der Waals surface area contributed by atoms with E-state index in [-0.39, 0.29) is 11.9 Å². The van der Waals surface area contributed by atoms with E-state index in [1.165, 1.54) is 6.07 Å². The van der Waals surface area contributed by atoms with Crippen LogP contribution in [0.1, 0.15) is 22.9 Å². The summed E-state index contributed by atoms with van der Waals surface area (Å²) in [7, 11) is 0. The first kappa shape index (κ1) is 10.8. The molecule has 2 aromatic heterocycles. The molecule has 0 fully saturated rings. The summed E-state index contributed by atoms with van der Waals surface area (Å²) in [4.78, 5) is 3.79. The van der Waals surface area contributed by atoms with Gasteiger partial charge >= 0.3 is 0 Å². The number of nitrogens with two attached hydrogens (primary N) is 1. The molecule has 5 heteroatoms. The van der Waals surface area contributed by atoms with Gasteiger partial charge in [-0.3, -0.25) is 10.8 Å². The molecule has 2 aromatic rings. The number of pyridine rings is 1. The summed E-state index contributed by atoms with van der Waals surface area (Å²) in [6, 6.07) is 2.87. The lowest BCUT2D eigenvalue weighted by Gasteiger charge is -2.15. The van der Waals surface area contributed by atoms with Crippen LogP contribution >= 0.6 is 0 Å². The third-order valence-corrected chi connectivity index (χ3v) is 2.44. The Morgan fingerprint density at radius 3 is 2.88 bits per heavy atom. The second-order valence-electron chi connectivity index (χ2n) is 3.47. The summed E-state index contributed by atoms with van der Waals surface area (Å²) in [6.45, 7) is 1.83. The van der Waals surface area contributed by atoms with Crippen molar-refractivity contribution in [2.45, 2.75) is 13.0 Å². The summed E-state index contributed by atoms with van der Waals surface area (Å²) in [6.07, 6.45) is 4.29. The van der Waals surface area contributed by atoms with Crippen LogP contribution < -0.4 is 11.3 Å². The molecule has 2 heterocycles. The van der Waals surface area contributed by atoms with E-state index in [1.807, 2.05) is 6.92 Å². The molecule has 0 aliphatic heterocycles. The Labute approximate surface area is 92.3 Å². The second-order valence-corrected chi connectivity index (χ2v) is 3.47. The number of rotatable bonds is 3. The predicted octanol–water partition coefficient (Wildman–Crippen LogP) is 1.67. The Balaban J connectivity index is 2.40. The molecule has 0 aromatic carbocycles. The van der Waals surface area contributed by atoms with Crippen LogP contribution in [0.3, 0.4) is 0 Å². The van der Waals surface area contributed by atoms with Crippen molar-refractivity contribution in [3.8, 4) is 0 Å². The lowest BCUT2D eigenvalue weighted by Crippen LogP contribution is -2.29. The van der Waals surface area contributed by atoms with Crippen LogP contribution in [0, 0.1) is 12.7 Å². The van der Waals surface area contributed by atoms with E-state index in [0.29, 0.717) is 5.56 Å². The van der Waals surface area contributed by atoms with E-state index < -0.39 is 0 Å². The lowest BCUT2D eigenvalue weighted by atomic mass is 10.0. The van der Waals surface area contributed by atoms with E-state index in [4.69, 9.17) is 10.3 Å². The van der Waals surface area contributed by atoms with Crippen LogP contribution in [0.2, 0.25) is 0 Å². The minimum atomic E-state index is -0.390. The van der Waals surface area contributed by atoms with Crippen LogP contribution in [-0.2, 0) is 0 Å². The summed E-state index contributed by atoms with van der Waals surface area (Å²) in [5.74, 6) is 5.83. The van der Waals surface area contributed by atoms with Gasteiger partial charge in [0.25, 0.3) is 0 Å². The van der Waals surface area contributed by atoms with Crippen molar-refractivity contribution in [3.63, 3.8) is 0 Å². The van der Waals surface area contributed by atoms with Crippen LogP contribution in [0.15, 0.2) is 35.2 Å². The van der Waals surface area contributed by atoms with Gasteiger partial charge in [0.1, 0.15) is 11.6 Å². The van der Waals surface area contributed by atoms with Crippen molar-refractivity contribution >= 4 is 0 Å². The summed E-state index contributed by atoms with van der Waals surface area (Å²) < 4.78 is 18.2. The first-order valence-electron chi connectivity index (χ1n) is 4.83. The maximum absolute atomic E-state index is 13.1. The molecule has 0 saturated carbocycles. The van der Waals surface area contributed by atoms with Crippen molar-refractivity contribution in [1.82, 2.24) is 10.4 Å². The van der Waals surface area contributed by atoms with Crippen LogP contribution in [0.5, 0.6) is 0 Å². The smallest absolute Gasteiger partial charge is 0.141 e. The van der Waals surface area contributed by atoms with Gasteiger partial charge in [0, 0.05) is 11.8 Å². The summed E-state index contributed by atoms with van der Waals surface area (Å²) in [5, 5.41) is 0. The Bertz CT molecular complexity index is 484. The topological polar surface area (TPSA) is 64.1 Å². The molecule has 0 aliphatic carbocycles. The van der Waals surface area contributed by atoms with E-state index in [2.05, 4.69) is 10.4 Å². The number of nitrogens with zero attached hydrogens (tertiary/aromatic N) is 1. The molecule has 1 atom stereocenters. The zero-order valence-electron chi connectivity index (χ0n) is 8.77. The van der Waals surface area contributed by atoms with Crippen molar-refractivity contribution < 1.29 is 8.81 Å². The summed E-state index contributed by atoms with van der Waals surface area (Å²) >= 11 is 0.